The quantitative estimate of drug-likeness (QED) is 0.756. The van der Waals surface area contributed by atoms with Crippen LogP contribution in [0.5, 0.6) is 0 Å². The highest BCUT2D eigenvalue weighted by Gasteiger charge is 2.11. The molecule has 90 valence electrons. The van der Waals surface area contributed by atoms with Gasteiger partial charge in [0.1, 0.15) is 9.84 Å². The molecule has 0 aromatic carbocycles. The summed E-state index contributed by atoms with van der Waals surface area (Å²) in [6, 6.07) is 1.77. The van der Waals surface area contributed by atoms with Crippen LogP contribution in [0, 0.1) is 0 Å². The summed E-state index contributed by atoms with van der Waals surface area (Å²) in [5.74, 6) is 0.259. The van der Waals surface area contributed by atoms with Crippen LogP contribution in [0.25, 0.3) is 0 Å². The fourth-order valence-electron chi connectivity index (χ4n) is 1.18. The molecule has 0 bridgehead atoms. The summed E-state index contributed by atoms with van der Waals surface area (Å²) >= 11 is 4.65. The number of halogens is 1. The van der Waals surface area contributed by atoms with Crippen LogP contribution in [0.1, 0.15) is 29.4 Å². The zero-order valence-electron chi connectivity index (χ0n) is 8.90. The molecule has 0 aliphatic heterocycles. The van der Waals surface area contributed by atoms with Crippen molar-refractivity contribution in [2.24, 2.45) is 0 Å². The molecule has 0 amide bonds. The average molecular weight is 325 g/mol. The molecule has 1 aromatic heterocycles. The largest absolute Gasteiger partial charge is 0.293 e. The van der Waals surface area contributed by atoms with E-state index in [-0.39, 0.29) is 17.3 Å². The van der Waals surface area contributed by atoms with Gasteiger partial charge in [-0.15, -0.1) is 11.3 Å². The fraction of sp³-hybridized carbons (Fsp3) is 0.500. The Morgan fingerprint density at radius 3 is 2.69 bits per heavy atom. The maximum Gasteiger partial charge on any atom is 0.172 e. The van der Waals surface area contributed by atoms with Crippen molar-refractivity contribution < 1.29 is 13.2 Å². The molecule has 0 saturated carbocycles. The Kier molecular flexibility index (Phi) is 5.14. The first-order valence-electron chi connectivity index (χ1n) is 4.92. The lowest BCUT2D eigenvalue weighted by atomic mass is 10.2. The second kappa shape index (κ2) is 5.93. The maximum atomic E-state index is 11.6. The van der Waals surface area contributed by atoms with Crippen LogP contribution >= 0.6 is 27.3 Å². The molecule has 6 heteroatoms. The summed E-state index contributed by atoms with van der Waals surface area (Å²) in [5, 5.41) is 1.84. The topological polar surface area (TPSA) is 51.2 Å². The van der Waals surface area contributed by atoms with E-state index in [4.69, 9.17) is 0 Å². The number of Topliss-reactive ketones (excluding diaryl/α,β-unsaturated/α-hetero) is 1. The molecule has 0 saturated heterocycles. The standard InChI is InChI=1S/C10H13BrO3S2/c1-2-16(13,14)5-3-4-9(12)10-6-8(11)7-15-10/h6-7H,2-5H2,1H3. The highest BCUT2D eigenvalue weighted by atomic mass is 79.9. The van der Waals surface area contributed by atoms with Gasteiger partial charge in [-0.3, -0.25) is 4.79 Å². The molecule has 0 fully saturated rings. The van der Waals surface area contributed by atoms with Gasteiger partial charge in [0.15, 0.2) is 5.78 Å². The van der Waals surface area contributed by atoms with Crippen molar-refractivity contribution in [1.82, 2.24) is 0 Å². The van der Waals surface area contributed by atoms with Crippen molar-refractivity contribution in [1.29, 1.82) is 0 Å². The summed E-state index contributed by atoms with van der Waals surface area (Å²) in [4.78, 5) is 12.3. The number of ketones is 1. The molecule has 0 N–H and O–H groups in total. The van der Waals surface area contributed by atoms with Gasteiger partial charge < -0.3 is 0 Å². The Bertz CT molecular complexity index is 462. The van der Waals surface area contributed by atoms with Crippen LogP contribution in [0.3, 0.4) is 0 Å². The normalized spacial score (nSPS) is 11.6. The third kappa shape index (κ3) is 4.35. The van der Waals surface area contributed by atoms with Crippen LogP contribution < -0.4 is 0 Å². The minimum Gasteiger partial charge on any atom is -0.293 e. The number of carbonyl (C=O) groups excluding carboxylic acids is 1. The average Bonchev–Trinajstić information content (AvgIpc) is 2.64. The molecule has 0 unspecified atom stereocenters. The molecule has 1 aromatic rings. The molecule has 0 atom stereocenters. The molecular weight excluding hydrogens is 312 g/mol. The number of thiophene rings is 1. The molecule has 0 aliphatic carbocycles. The van der Waals surface area contributed by atoms with Gasteiger partial charge in [0.25, 0.3) is 0 Å². The van der Waals surface area contributed by atoms with Crippen molar-refractivity contribution in [3.05, 3.63) is 20.8 Å². The number of hydrogen-bond donors (Lipinski definition) is 0. The van der Waals surface area contributed by atoms with Crippen LogP contribution in [0.2, 0.25) is 0 Å². The van der Waals surface area contributed by atoms with Gasteiger partial charge in [-0.2, -0.15) is 0 Å². The van der Waals surface area contributed by atoms with E-state index in [1.165, 1.54) is 11.3 Å². The van der Waals surface area contributed by atoms with E-state index in [0.29, 0.717) is 17.7 Å². The minimum atomic E-state index is -2.95. The van der Waals surface area contributed by atoms with Crippen LogP contribution in [0.15, 0.2) is 15.9 Å². The molecule has 0 radical (unpaired) electrons. The maximum absolute atomic E-state index is 11.6. The van der Waals surface area contributed by atoms with Gasteiger partial charge in [0.05, 0.1) is 10.6 Å². The summed E-state index contributed by atoms with van der Waals surface area (Å²) in [6.07, 6.45) is 0.705. The van der Waals surface area contributed by atoms with Crippen LogP contribution in [-0.4, -0.2) is 25.7 Å². The smallest absolute Gasteiger partial charge is 0.172 e. The Morgan fingerprint density at radius 2 is 2.19 bits per heavy atom. The minimum absolute atomic E-state index is 0.0157. The first-order valence-corrected chi connectivity index (χ1v) is 8.41. The van der Waals surface area contributed by atoms with Crippen molar-refractivity contribution in [2.45, 2.75) is 19.8 Å². The number of rotatable bonds is 6. The summed E-state index contributed by atoms with van der Waals surface area (Å²) in [5.41, 5.74) is 0. The number of sulfone groups is 1. The molecule has 0 aliphatic rings. The zero-order chi connectivity index (χ0) is 12.2. The monoisotopic (exact) mass is 324 g/mol. The predicted octanol–water partition coefficient (Wildman–Crippen LogP) is 2.91. The zero-order valence-corrected chi connectivity index (χ0v) is 12.1. The summed E-state index contributed by atoms with van der Waals surface area (Å²) in [6.45, 7) is 1.62. The van der Waals surface area contributed by atoms with E-state index in [2.05, 4.69) is 15.9 Å². The Balaban J connectivity index is 2.43. The highest BCUT2D eigenvalue weighted by molar-refractivity contribution is 9.10. The second-order valence-electron chi connectivity index (χ2n) is 3.39. The van der Waals surface area contributed by atoms with Gasteiger partial charge in [-0.05, 0) is 28.4 Å². The Hall–Kier alpha value is -0.200. The lowest BCUT2D eigenvalue weighted by Gasteiger charge is -1.99. The van der Waals surface area contributed by atoms with Crippen molar-refractivity contribution in [2.75, 3.05) is 11.5 Å². The van der Waals surface area contributed by atoms with E-state index < -0.39 is 9.84 Å². The van der Waals surface area contributed by atoms with Crippen molar-refractivity contribution in [3.63, 3.8) is 0 Å². The Morgan fingerprint density at radius 1 is 1.50 bits per heavy atom. The molecule has 1 heterocycles. The SMILES string of the molecule is CCS(=O)(=O)CCCC(=O)c1cc(Br)cs1. The van der Waals surface area contributed by atoms with E-state index in [9.17, 15) is 13.2 Å². The fourth-order valence-corrected chi connectivity index (χ4v) is 3.45. The van der Waals surface area contributed by atoms with E-state index in [0.717, 1.165) is 4.47 Å². The van der Waals surface area contributed by atoms with Crippen molar-refractivity contribution in [3.8, 4) is 0 Å². The predicted molar refractivity (Wildman–Crippen MR) is 69.9 cm³/mol. The van der Waals surface area contributed by atoms with Gasteiger partial charge >= 0.3 is 0 Å². The van der Waals surface area contributed by atoms with Gasteiger partial charge in [-0.1, -0.05) is 6.92 Å². The summed E-state index contributed by atoms with van der Waals surface area (Å²) in [7, 11) is -2.95. The van der Waals surface area contributed by atoms with Crippen LogP contribution in [-0.2, 0) is 9.84 Å². The lowest BCUT2D eigenvalue weighted by molar-refractivity contribution is 0.0986. The van der Waals surface area contributed by atoms with E-state index in [1.807, 2.05) is 5.38 Å². The lowest BCUT2D eigenvalue weighted by Crippen LogP contribution is -2.10. The molecule has 16 heavy (non-hydrogen) atoms. The third-order valence-corrected chi connectivity index (χ3v) is 5.66. The van der Waals surface area contributed by atoms with Gasteiger partial charge in [-0.25, -0.2) is 8.42 Å². The van der Waals surface area contributed by atoms with Crippen molar-refractivity contribution >= 4 is 42.9 Å². The Labute approximate surface area is 108 Å². The van der Waals surface area contributed by atoms with Gasteiger partial charge in [0, 0.05) is 22.0 Å². The first-order chi connectivity index (χ1) is 7.44. The van der Waals surface area contributed by atoms with Gasteiger partial charge in [0.2, 0.25) is 0 Å². The number of hydrogen-bond acceptors (Lipinski definition) is 4. The molecule has 0 spiro atoms. The number of carbonyl (C=O) groups is 1. The first kappa shape index (κ1) is 13.9. The third-order valence-electron chi connectivity index (χ3n) is 2.14. The summed E-state index contributed by atoms with van der Waals surface area (Å²) < 4.78 is 23.3. The molecular formula is C10H13BrO3S2. The molecule has 3 nitrogen and oxygen atoms in total. The molecule has 1 rings (SSSR count). The van der Waals surface area contributed by atoms with E-state index >= 15 is 0 Å². The second-order valence-corrected chi connectivity index (χ2v) is 7.69. The van der Waals surface area contributed by atoms with E-state index in [1.54, 1.807) is 13.0 Å². The highest BCUT2D eigenvalue weighted by Crippen LogP contribution is 2.21. The van der Waals surface area contributed by atoms with Crippen LogP contribution in [0.4, 0.5) is 0 Å².